The Labute approximate surface area is 121 Å². The number of ether oxygens (including phenoxy) is 3. The molecule has 1 spiro atoms. The first-order valence-electron chi connectivity index (χ1n) is 6.59. The minimum absolute atomic E-state index is 0.150. The normalized spacial score (nSPS) is 31.1. The van der Waals surface area contributed by atoms with E-state index in [4.69, 9.17) is 9.47 Å². The molecule has 8 heteroatoms. The number of carbonyl (C=O) groups is 2. The fraction of sp³-hybridized carbons (Fsp3) is 0.692. The minimum atomic E-state index is -1.67. The number of ketones is 1. The number of allylic oxidation sites excluding steroid dienone is 1. The Morgan fingerprint density at radius 1 is 1.57 bits per heavy atom. The van der Waals surface area contributed by atoms with Crippen LogP contribution in [0.25, 0.3) is 0 Å². The monoisotopic (exact) mass is 299 g/mol. The summed E-state index contributed by atoms with van der Waals surface area (Å²) in [6, 6.07) is -1.48. The molecule has 1 heterocycles. The van der Waals surface area contributed by atoms with E-state index in [2.05, 4.69) is 11.3 Å². The van der Waals surface area contributed by atoms with Gasteiger partial charge in [0.15, 0.2) is 0 Å². The Morgan fingerprint density at radius 2 is 2.19 bits per heavy atom. The third-order valence-corrected chi connectivity index (χ3v) is 3.96. The highest BCUT2D eigenvalue weighted by Gasteiger charge is 2.65. The highest BCUT2D eigenvalue weighted by atomic mass is 16.7. The van der Waals surface area contributed by atoms with E-state index in [0.29, 0.717) is 0 Å². The first kappa shape index (κ1) is 15.6. The lowest BCUT2D eigenvalue weighted by molar-refractivity contribution is -0.571. The summed E-state index contributed by atoms with van der Waals surface area (Å²) >= 11 is 0. The van der Waals surface area contributed by atoms with Crippen molar-refractivity contribution < 1.29 is 28.7 Å². The highest BCUT2D eigenvalue weighted by Crippen LogP contribution is 2.43. The number of methoxy groups -OCH3 is 1. The first-order chi connectivity index (χ1) is 9.96. The Kier molecular flexibility index (Phi) is 4.38. The maximum atomic E-state index is 12.3. The maximum Gasteiger partial charge on any atom is 0.316 e. The van der Waals surface area contributed by atoms with Gasteiger partial charge in [-0.25, -0.2) is 0 Å². The van der Waals surface area contributed by atoms with E-state index in [1.54, 1.807) is 0 Å². The van der Waals surface area contributed by atoms with Crippen LogP contribution >= 0.6 is 0 Å². The largest absolute Gasteiger partial charge is 0.469 e. The van der Waals surface area contributed by atoms with Crippen LogP contribution < -0.4 is 0 Å². The summed E-state index contributed by atoms with van der Waals surface area (Å²) in [7, 11) is 1.13. The molecule has 2 fully saturated rings. The number of rotatable bonds is 4. The van der Waals surface area contributed by atoms with Gasteiger partial charge in [-0.05, 0) is 6.42 Å². The van der Waals surface area contributed by atoms with E-state index in [0.717, 1.165) is 7.11 Å². The lowest BCUT2D eigenvalue weighted by atomic mass is 9.70. The van der Waals surface area contributed by atoms with Crippen LogP contribution in [0, 0.1) is 22.0 Å². The van der Waals surface area contributed by atoms with Gasteiger partial charge in [0.25, 0.3) is 6.04 Å². The molecule has 0 amide bonds. The molecule has 116 valence electrons. The lowest BCUT2D eigenvalue weighted by Crippen LogP contribution is -2.62. The Balaban J connectivity index is 2.47. The minimum Gasteiger partial charge on any atom is -0.469 e. The number of esters is 1. The highest BCUT2D eigenvalue weighted by molar-refractivity contribution is 5.89. The van der Waals surface area contributed by atoms with E-state index >= 15 is 0 Å². The van der Waals surface area contributed by atoms with Crippen LogP contribution in [0.3, 0.4) is 0 Å². The molecule has 2 aliphatic rings. The van der Waals surface area contributed by atoms with E-state index < -0.39 is 34.6 Å². The summed E-state index contributed by atoms with van der Waals surface area (Å²) in [4.78, 5) is 35.2. The Morgan fingerprint density at radius 3 is 2.67 bits per heavy atom. The second kappa shape index (κ2) is 5.90. The van der Waals surface area contributed by atoms with Crippen LogP contribution in [0.1, 0.15) is 12.8 Å². The van der Waals surface area contributed by atoms with Crippen molar-refractivity contribution in [2.45, 2.75) is 24.7 Å². The van der Waals surface area contributed by atoms with Gasteiger partial charge in [-0.15, -0.1) is 6.58 Å². The molecule has 2 rings (SSSR count). The number of hydrogen-bond donors (Lipinski definition) is 0. The van der Waals surface area contributed by atoms with Crippen molar-refractivity contribution in [3.05, 3.63) is 22.8 Å². The summed E-state index contributed by atoms with van der Waals surface area (Å²) in [6.07, 6.45) is 1.38. The molecule has 0 radical (unpaired) electrons. The van der Waals surface area contributed by atoms with Gasteiger partial charge in [0.05, 0.1) is 26.7 Å². The third-order valence-electron chi connectivity index (χ3n) is 3.96. The molecule has 0 bridgehead atoms. The molecule has 0 aromatic heterocycles. The van der Waals surface area contributed by atoms with Crippen molar-refractivity contribution >= 4 is 11.8 Å². The molecule has 0 N–H and O–H groups in total. The van der Waals surface area contributed by atoms with Crippen molar-refractivity contribution in [1.29, 1.82) is 0 Å². The summed E-state index contributed by atoms with van der Waals surface area (Å²) in [5.41, 5.74) is 0. The van der Waals surface area contributed by atoms with E-state index in [1.807, 2.05) is 0 Å². The standard InChI is InChI=1S/C13H17NO7/c1-3-4-8-9(15)7-13(20-5-6-21-13)11(14(17)18)10(8)12(16)19-2/h3,8,10-11H,1,4-7H2,2H3/t8-,10-,11+/m0/s1. The SMILES string of the molecule is C=CC[C@H]1C(=O)CC2(OCCO2)[C@H]([N+](=O)[O-])[C@H]1C(=O)OC. The van der Waals surface area contributed by atoms with E-state index in [9.17, 15) is 19.7 Å². The third kappa shape index (κ3) is 2.56. The fourth-order valence-electron chi connectivity index (χ4n) is 3.09. The average Bonchev–Trinajstić information content (AvgIpc) is 2.88. The molecule has 3 atom stereocenters. The summed E-state index contributed by atoms with van der Waals surface area (Å²) in [5.74, 6) is -4.89. The van der Waals surface area contributed by atoms with Crippen LogP contribution in [0.4, 0.5) is 0 Å². The van der Waals surface area contributed by atoms with Crippen molar-refractivity contribution in [3.63, 3.8) is 0 Å². The van der Waals surface area contributed by atoms with Gasteiger partial charge >= 0.3 is 5.97 Å². The molecule has 0 aromatic rings. The van der Waals surface area contributed by atoms with Gasteiger partial charge in [-0.3, -0.25) is 19.7 Å². The van der Waals surface area contributed by atoms with Crippen LogP contribution in [-0.2, 0) is 23.8 Å². The average molecular weight is 299 g/mol. The molecule has 0 unspecified atom stereocenters. The van der Waals surface area contributed by atoms with Crippen molar-refractivity contribution in [3.8, 4) is 0 Å². The Bertz CT molecular complexity index is 469. The maximum absolute atomic E-state index is 12.3. The molecule has 21 heavy (non-hydrogen) atoms. The quantitative estimate of drug-likeness (QED) is 0.319. The molecular formula is C13H17NO7. The Hall–Kier alpha value is -1.80. The predicted molar refractivity (Wildman–Crippen MR) is 68.9 cm³/mol. The molecule has 1 saturated heterocycles. The van der Waals surface area contributed by atoms with Crippen molar-refractivity contribution in [2.75, 3.05) is 20.3 Å². The zero-order chi connectivity index (χ0) is 15.6. The van der Waals surface area contributed by atoms with Crippen LogP contribution in [0.15, 0.2) is 12.7 Å². The second-order valence-corrected chi connectivity index (χ2v) is 5.06. The molecule has 8 nitrogen and oxygen atoms in total. The molecule has 1 aliphatic carbocycles. The van der Waals surface area contributed by atoms with Crippen molar-refractivity contribution in [2.24, 2.45) is 11.8 Å². The van der Waals surface area contributed by atoms with Crippen LogP contribution in [-0.4, -0.2) is 48.8 Å². The molecule has 0 aromatic carbocycles. The van der Waals surface area contributed by atoms with Gasteiger partial charge in [0, 0.05) is 10.8 Å². The fourth-order valence-corrected chi connectivity index (χ4v) is 3.09. The topological polar surface area (TPSA) is 105 Å². The van der Waals surface area contributed by atoms with Gasteiger partial charge in [-0.1, -0.05) is 6.08 Å². The molecule has 1 saturated carbocycles. The summed E-state index contributed by atoms with van der Waals surface area (Å²) in [6.45, 7) is 3.83. The second-order valence-electron chi connectivity index (χ2n) is 5.06. The first-order valence-corrected chi connectivity index (χ1v) is 6.59. The number of nitrogens with zero attached hydrogens (tertiary/aromatic N) is 1. The van der Waals surface area contributed by atoms with Gasteiger partial charge in [-0.2, -0.15) is 0 Å². The van der Waals surface area contributed by atoms with Crippen LogP contribution in [0.5, 0.6) is 0 Å². The molecular weight excluding hydrogens is 282 g/mol. The molecule has 1 aliphatic heterocycles. The lowest BCUT2D eigenvalue weighted by Gasteiger charge is -2.40. The number of carbonyl (C=O) groups excluding carboxylic acids is 2. The number of hydrogen-bond acceptors (Lipinski definition) is 7. The van der Waals surface area contributed by atoms with E-state index in [-0.39, 0.29) is 31.8 Å². The zero-order valence-corrected chi connectivity index (χ0v) is 11.6. The zero-order valence-electron chi connectivity index (χ0n) is 11.6. The summed E-state index contributed by atoms with van der Waals surface area (Å²) in [5, 5.41) is 11.5. The van der Waals surface area contributed by atoms with Gasteiger partial charge < -0.3 is 14.2 Å². The van der Waals surface area contributed by atoms with Gasteiger partial charge in [0.2, 0.25) is 5.79 Å². The number of nitro groups is 1. The summed E-state index contributed by atoms with van der Waals surface area (Å²) < 4.78 is 15.4. The smallest absolute Gasteiger partial charge is 0.316 e. The van der Waals surface area contributed by atoms with Crippen LogP contribution in [0.2, 0.25) is 0 Å². The predicted octanol–water partition coefficient (Wildman–Crippen LogP) is 0.329. The van der Waals surface area contributed by atoms with E-state index in [1.165, 1.54) is 6.08 Å². The number of Topliss-reactive ketones (excluding diaryl/α,β-unsaturated/α-hetero) is 1. The van der Waals surface area contributed by atoms with Crippen molar-refractivity contribution in [1.82, 2.24) is 0 Å². The van der Waals surface area contributed by atoms with Gasteiger partial charge in [0.1, 0.15) is 11.7 Å².